The zero-order chi connectivity index (χ0) is 21.5. The van der Waals surface area contributed by atoms with E-state index >= 15 is 0 Å². The Morgan fingerprint density at radius 3 is 2.30 bits per heavy atom. The summed E-state index contributed by atoms with van der Waals surface area (Å²) < 4.78 is 10.8. The van der Waals surface area contributed by atoms with Crippen LogP contribution in [0.3, 0.4) is 0 Å². The highest BCUT2D eigenvalue weighted by Gasteiger charge is 2.48. The van der Waals surface area contributed by atoms with E-state index in [1.54, 1.807) is 14.2 Å². The van der Waals surface area contributed by atoms with Crippen molar-refractivity contribution in [1.29, 1.82) is 0 Å². The van der Waals surface area contributed by atoms with Gasteiger partial charge in [-0.1, -0.05) is 23.7 Å². The quantitative estimate of drug-likeness (QED) is 0.699. The molecule has 0 spiro atoms. The van der Waals surface area contributed by atoms with Crippen molar-refractivity contribution in [3.05, 3.63) is 57.6 Å². The van der Waals surface area contributed by atoms with Crippen LogP contribution in [0, 0.1) is 13.8 Å². The van der Waals surface area contributed by atoms with Crippen LogP contribution >= 0.6 is 11.6 Å². The van der Waals surface area contributed by atoms with Gasteiger partial charge in [-0.25, -0.2) is 0 Å². The van der Waals surface area contributed by atoms with E-state index in [-0.39, 0.29) is 0 Å². The lowest BCUT2D eigenvalue weighted by molar-refractivity contribution is -0.0566. The minimum absolute atomic E-state index is 0.412. The van der Waals surface area contributed by atoms with E-state index in [1.165, 1.54) is 16.7 Å². The molecule has 1 N–H and O–H groups in total. The zero-order valence-corrected chi connectivity index (χ0v) is 19.1. The van der Waals surface area contributed by atoms with Gasteiger partial charge in [0.05, 0.1) is 24.8 Å². The molecule has 0 saturated carbocycles. The molecule has 2 bridgehead atoms. The number of nitrogens with zero attached hydrogens (tertiary/aromatic N) is 1. The highest BCUT2D eigenvalue weighted by Crippen LogP contribution is 2.46. The minimum Gasteiger partial charge on any atom is -0.496 e. The van der Waals surface area contributed by atoms with Crippen LogP contribution in [-0.2, 0) is 12.0 Å². The van der Waals surface area contributed by atoms with Gasteiger partial charge in [0, 0.05) is 18.6 Å². The molecular weight excluding hydrogens is 398 g/mol. The highest BCUT2D eigenvalue weighted by molar-refractivity contribution is 6.32. The van der Waals surface area contributed by atoms with Crippen LogP contribution in [0.1, 0.15) is 47.9 Å². The number of piperidine rings is 1. The molecule has 2 fully saturated rings. The maximum atomic E-state index is 11.5. The number of rotatable bonds is 6. The lowest BCUT2D eigenvalue weighted by atomic mass is 9.80. The fourth-order valence-corrected chi connectivity index (χ4v) is 5.65. The summed E-state index contributed by atoms with van der Waals surface area (Å²) in [5, 5.41) is 12.1. The van der Waals surface area contributed by atoms with E-state index in [2.05, 4.69) is 30.9 Å². The molecule has 0 radical (unpaired) electrons. The third-order valence-electron chi connectivity index (χ3n) is 7.32. The zero-order valence-electron chi connectivity index (χ0n) is 18.4. The molecule has 2 saturated heterocycles. The van der Waals surface area contributed by atoms with Crippen molar-refractivity contribution in [1.82, 2.24) is 4.90 Å². The Morgan fingerprint density at radius 1 is 1.00 bits per heavy atom. The first-order valence-electron chi connectivity index (χ1n) is 10.8. The molecule has 2 aliphatic rings. The number of ether oxygens (including phenoxy) is 2. The maximum absolute atomic E-state index is 11.5. The van der Waals surface area contributed by atoms with Crippen LogP contribution in [-0.4, -0.2) is 42.9 Å². The summed E-state index contributed by atoms with van der Waals surface area (Å²) in [6, 6.07) is 10.8. The monoisotopic (exact) mass is 429 g/mol. The van der Waals surface area contributed by atoms with Crippen LogP contribution in [0.2, 0.25) is 5.02 Å². The van der Waals surface area contributed by atoms with Gasteiger partial charge in [-0.2, -0.15) is 0 Å². The van der Waals surface area contributed by atoms with Gasteiger partial charge in [0.15, 0.2) is 0 Å². The Kier molecular flexibility index (Phi) is 6.02. The Hall–Kier alpha value is -1.75. The lowest BCUT2D eigenvalue weighted by Gasteiger charge is -2.44. The molecule has 162 valence electrons. The van der Waals surface area contributed by atoms with Crippen molar-refractivity contribution in [2.24, 2.45) is 0 Å². The Bertz CT molecular complexity index is 915. The van der Waals surface area contributed by atoms with E-state index in [0.29, 0.717) is 22.9 Å². The third-order valence-corrected chi connectivity index (χ3v) is 7.63. The molecule has 0 aromatic heterocycles. The van der Waals surface area contributed by atoms with Crippen LogP contribution in [0.4, 0.5) is 0 Å². The third kappa shape index (κ3) is 3.81. The van der Waals surface area contributed by atoms with Gasteiger partial charge in [-0.15, -0.1) is 0 Å². The van der Waals surface area contributed by atoms with Crippen LogP contribution in [0.5, 0.6) is 11.5 Å². The van der Waals surface area contributed by atoms with Crippen molar-refractivity contribution in [3.8, 4) is 11.5 Å². The fraction of sp³-hybridized carbons (Fsp3) is 0.520. The minimum atomic E-state index is -0.813. The molecule has 30 heavy (non-hydrogen) atoms. The summed E-state index contributed by atoms with van der Waals surface area (Å²) in [5.74, 6) is 1.58. The van der Waals surface area contributed by atoms with Crippen LogP contribution in [0.15, 0.2) is 30.3 Å². The van der Waals surface area contributed by atoms with E-state index < -0.39 is 5.60 Å². The standard InChI is InChI=1S/C25H32ClNO3/c1-16-17(2)23(29-3)10-5-18(16)11-12-27-20-7-8-21(27)15-25(28,14-20)19-6-9-22(26)24(13-19)30-4/h5-6,9-10,13,20-21,28H,7-8,11-12,14-15H2,1-4H3. The fourth-order valence-electron chi connectivity index (χ4n) is 5.46. The van der Waals surface area contributed by atoms with Crippen molar-refractivity contribution in [2.45, 2.75) is 63.6 Å². The summed E-state index contributed by atoms with van der Waals surface area (Å²) in [7, 11) is 3.34. The van der Waals surface area contributed by atoms with Crippen molar-refractivity contribution < 1.29 is 14.6 Å². The number of benzene rings is 2. The first-order valence-corrected chi connectivity index (χ1v) is 11.2. The number of halogens is 1. The average molecular weight is 430 g/mol. The number of hydrogen-bond acceptors (Lipinski definition) is 4. The Labute approximate surface area is 184 Å². The molecule has 2 atom stereocenters. The summed E-state index contributed by atoms with van der Waals surface area (Å²) in [6.45, 7) is 5.34. The van der Waals surface area contributed by atoms with Gasteiger partial charge in [0.2, 0.25) is 0 Å². The van der Waals surface area contributed by atoms with Crippen molar-refractivity contribution >= 4 is 11.6 Å². The van der Waals surface area contributed by atoms with Gasteiger partial charge < -0.3 is 14.6 Å². The first-order chi connectivity index (χ1) is 14.4. The highest BCUT2D eigenvalue weighted by atomic mass is 35.5. The molecule has 2 aliphatic heterocycles. The van der Waals surface area contributed by atoms with Gasteiger partial charge in [0.1, 0.15) is 11.5 Å². The molecule has 4 nitrogen and oxygen atoms in total. The van der Waals surface area contributed by atoms with Gasteiger partial charge >= 0.3 is 0 Å². The van der Waals surface area contributed by atoms with Crippen molar-refractivity contribution in [2.75, 3.05) is 20.8 Å². The van der Waals surface area contributed by atoms with E-state index in [0.717, 1.165) is 50.0 Å². The maximum Gasteiger partial charge on any atom is 0.137 e. The molecule has 5 heteroatoms. The van der Waals surface area contributed by atoms with Gasteiger partial charge in [-0.3, -0.25) is 4.90 Å². The van der Waals surface area contributed by atoms with Crippen LogP contribution in [0.25, 0.3) is 0 Å². The summed E-state index contributed by atoms with van der Waals surface area (Å²) in [6.07, 6.45) is 4.84. The van der Waals surface area contributed by atoms with Crippen LogP contribution < -0.4 is 9.47 Å². The predicted octanol–water partition coefficient (Wildman–Crippen LogP) is 5.03. The normalized spacial score (nSPS) is 26.1. The van der Waals surface area contributed by atoms with E-state index in [4.69, 9.17) is 21.1 Å². The summed E-state index contributed by atoms with van der Waals surface area (Å²) in [4.78, 5) is 2.63. The molecule has 4 rings (SSSR count). The molecule has 2 aromatic rings. The average Bonchev–Trinajstić information content (AvgIpc) is 2.99. The first kappa shape index (κ1) is 21.5. The van der Waals surface area contributed by atoms with Crippen molar-refractivity contribution in [3.63, 3.8) is 0 Å². The number of hydrogen-bond donors (Lipinski definition) is 1. The van der Waals surface area contributed by atoms with Gasteiger partial charge in [-0.05, 0) is 86.4 Å². The molecule has 2 heterocycles. The number of aliphatic hydroxyl groups is 1. The summed E-state index contributed by atoms with van der Waals surface area (Å²) >= 11 is 6.19. The second kappa shape index (κ2) is 8.41. The second-order valence-electron chi connectivity index (χ2n) is 8.84. The SMILES string of the molecule is COc1cc(C2(O)CC3CCC(C2)N3CCc2ccc(OC)c(C)c2C)ccc1Cl. The smallest absolute Gasteiger partial charge is 0.137 e. The Balaban J connectivity index is 1.48. The van der Waals surface area contributed by atoms with E-state index in [1.807, 2.05) is 18.2 Å². The molecule has 2 aromatic carbocycles. The summed E-state index contributed by atoms with van der Waals surface area (Å²) in [5.41, 5.74) is 4.04. The van der Waals surface area contributed by atoms with Gasteiger partial charge in [0.25, 0.3) is 0 Å². The topological polar surface area (TPSA) is 41.9 Å². The lowest BCUT2D eigenvalue weighted by Crippen LogP contribution is -2.50. The second-order valence-corrected chi connectivity index (χ2v) is 9.25. The number of fused-ring (bicyclic) bond motifs is 2. The Morgan fingerprint density at radius 2 is 1.67 bits per heavy atom. The largest absolute Gasteiger partial charge is 0.496 e. The molecule has 0 amide bonds. The molecular formula is C25H32ClNO3. The molecule has 0 aliphatic carbocycles. The number of methoxy groups -OCH3 is 2. The predicted molar refractivity (Wildman–Crippen MR) is 121 cm³/mol. The van der Waals surface area contributed by atoms with E-state index in [9.17, 15) is 5.11 Å². The molecule has 2 unspecified atom stereocenters.